The van der Waals surface area contributed by atoms with E-state index in [0.717, 1.165) is 12.8 Å². The average Bonchev–Trinajstić information content (AvgIpc) is 2.94. The summed E-state index contributed by atoms with van der Waals surface area (Å²) in [6.07, 6.45) is 2.36. The Hall–Kier alpha value is -2.67. The van der Waals surface area contributed by atoms with Crippen LogP contribution in [0.3, 0.4) is 0 Å². The zero-order valence-corrected chi connectivity index (χ0v) is 14.9. The molecule has 0 amide bonds. The lowest BCUT2D eigenvalue weighted by molar-refractivity contribution is -0.139. The molecule has 0 spiro atoms. The van der Waals surface area contributed by atoms with Crippen LogP contribution < -0.4 is 4.74 Å². The molecule has 0 aromatic heterocycles. The van der Waals surface area contributed by atoms with Crippen LogP contribution in [-0.2, 0) is 14.8 Å². The maximum absolute atomic E-state index is 12.7. The van der Waals surface area contributed by atoms with Gasteiger partial charge in [-0.2, -0.15) is 8.42 Å². The fourth-order valence-electron chi connectivity index (χ4n) is 3.40. The molecule has 2 aromatic rings. The summed E-state index contributed by atoms with van der Waals surface area (Å²) in [4.78, 5) is 14.7. The molecule has 0 unspecified atom stereocenters. The molecule has 2 heterocycles. The highest BCUT2D eigenvalue weighted by molar-refractivity contribution is 7.90. The fourth-order valence-corrected chi connectivity index (χ4v) is 4.62. The third kappa shape index (κ3) is 2.99. The van der Waals surface area contributed by atoms with E-state index in [0.29, 0.717) is 30.1 Å². The maximum atomic E-state index is 12.7. The van der Waals surface area contributed by atoms with Crippen LogP contribution in [0.15, 0.2) is 63.9 Å². The molecular formula is C19H18N2O4S. The molecule has 0 saturated carbocycles. The normalized spacial score (nSPS) is 21.0. The van der Waals surface area contributed by atoms with E-state index in [1.54, 1.807) is 53.4 Å². The summed E-state index contributed by atoms with van der Waals surface area (Å²) < 4.78 is 34.1. The molecule has 2 aliphatic heterocycles. The van der Waals surface area contributed by atoms with Gasteiger partial charge in [-0.05, 0) is 43.5 Å². The molecule has 1 fully saturated rings. The van der Waals surface area contributed by atoms with Gasteiger partial charge in [-0.15, -0.1) is 4.40 Å². The highest BCUT2D eigenvalue weighted by Gasteiger charge is 2.38. The number of nitrogens with zero attached hydrogens (tertiary/aromatic N) is 2. The van der Waals surface area contributed by atoms with Crippen molar-refractivity contribution >= 4 is 21.8 Å². The Labute approximate surface area is 152 Å². The third-order valence-electron chi connectivity index (χ3n) is 4.62. The number of likely N-dealkylation sites (tertiary alicyclic amines) is 1. The van der Waals surface area contributed by atoms with Gasteiger partial charge in [-0.25, -0.2) is 4.79 Å². The van der Waals surface area contributed by atoms with Crippen LogP contribution in [0.2, 0.25) is 0 Å². The van der Waals surface area contributed by atoms with E-state index >= 15 is 0 Å². The number of fused-ring (bicyclic) bond motifs is 1. The van der Waals surface area contributed by atoms with Crippen molar-refractivity contribution in [1.29, 1.82) is 0 Å². The molecule has 7 heteroatoms. The van der Waals surface area contributed by atoms with Crippen LogP contribution in [0, 0.1) is 0 Å². The molecule has 2 aromatic carbocycles. The van der Waals surface area contributed by atoms with E-state index in [1.807, 2.05) is 6.07 Å². The highest BCUT2D eigenvalue weighted by Crippen LogP contribution is 2.31. The molecule has 2 aliphatic rings. The molecule has 1 saturated heterocycles. The van der Waals surface area contributed by atoms with Crippen LogP contribution in [0.25, 0.3) is 0 Å². The Morgan fingerprint density at radius 1 is 1.04 bits per heavy atom. The Morgan fingerprint density at radius 2 is 1.77 bits per heavy atom. The van der Waals surface area contributed by atoms with Crippen molar-refractivity contribution in [2.45, 2.75) is 30.2 Å². The van der Waals surface area contributed by atoms with Crippen molar-refractivity contribution in [2.24, 2.45) is 4.40 Å². The fraction of sp³-hybridized carbons (Fsp3) is 0.263. The van der Waals surface area contributed by atoms with Gasteiger partial charge in [0.1, 0.15) is 16.7 Å². The zero-order valence-electron chi connectivity index (χ0n) is 14.0. The Bertz CT molecular complexity index is 970. The average molecular weight is 370 g/mol. The second-order valence-electron chi connectivity index (χ2n) is 6.33. The Kier molecular flexibility index (Phi) is 4.24. The Morgan fingerprint density at radius 3 is 2.58 bits per heavy atom. The first-order valence-electron chi connectivity index (χ1n) is 8.54. The van der Waals surface area contributed by atoms with Crippen LogP contribution in [-0.4, -0.2) is 37.7 Å². The monoisotopic (exact) mass is 370 g/mol. The van der Waals surface area contributed by atoms with E-state index in [9.17, 15) is 13.2 Å². The van der Waals surface area contributed by atoms with Gasteiger partial charge in [0.15, 0.2) is 5.84 Å². The summed E-state index contributed by atoms with van der Waals surface area (Å²) in [7, 11) is -3.72. The quantitative estimate of drug-likeness (QED) is 0.600. The smallest absolute Gasteiger partial charge is 0.334 e. The van der Waals surface area contributed by atoms with Gasteiger partial charge >= 0.3 is 5.97 Å². The molecule has 0 bridgehead atoms. The molecule has 0 radical (unpaired) electrons. The predicted molar refractivity (Wildman–Crippen MR) is 96.6 cm³/mol. The van der Waals surface area contributed by atoms with E-state index in [-0.39, 0.29) is 10.9 Å². The zero-order chi connectivity index (χ0) is 18.1. The van der Waals surface area contributed by atoms with E-state index in [2.05, 4.69) is 4.40 Å². The molecule has 6 nitrogen and oxygen atoms in total. The van der Waals surface area contributed by atoms with Crippen LogP contribution in [0.5, 0.6) is 5.75 Å². The third-order valence-corrected chi connectivity index (χ3v) is 5.95. The lowest BCUT2D eigenvalue weighted by Gasteiger charge is -2.35. The van der Waals surface area contributed by atoms with Crippen molar-refractivity contribution in [3.63, 3.8) is 0 Å². The number of ether oxygens (including phenoxy) is 1. The first kappa shape index (κ1) is 16.8. The van der Waals surface area contributed by atoms with Gasteiger partial charge in [0, 0.05) is 12.1 Å². The number of carbonyl (C=O) groups excluding carboxylic acids is 1. The van der Waals surface area contributed by atoms with Gasteiger partial charge in [0.05, 0.1) is 0 Å². The number of para-hydroxylation sites is 1. The standard InChI is InChI=1S/C19H18N2O4S/c22-19(25-14-8-2-1-3-9-14)16-11-6-7-13-21(16)18-15-10-4-5-12-17(15)26(23,24)20-18/h1-5,8-10,12,16H,6-7,11,13H2/t16-/m1/s1. The summed E-state index contributed by atoms with van der Waals surface area (Å²) >= 11 is 0. The number of hydrogen-bond donors (Lipinski definition) is 0. The van der Waals surface area contributed by atoms with Crippen molar-refractivity contribution in [1.82, 2.24) is 4.90 Å². The minimum Gasteiger partial charge on any atom is -0.425 e. The van der Waals surface area contributed by atoms with Gasteiger partial charge in [-0.1, -0.05) is 30.3 Å². The van der Waals surface area contributed by atoms with E-state index in [4.69, 9.17) is 4.74 Å². The molecule has 4 rings (SSSR count). The summed E-state index contributed by atoms with van der Waals surface area (Å²) in [5.74, 6) is 0.431. The number of carbonyl (C=O) groups is 1. The first-order chi connectivity index (χ1) is 12.6. The van der Waals surface area contributed by atoms with Gasteiger partial charge in [-0.3, -0.25) is 0 Å². The van der Waals surface area contributed by atoms with Crippen LogP contribution >= 0.6 is 0 Å². The number of benzene rings is 2. The number of sulfonamides is 1. The summed E-state index contributed by atoms with van der Waals surface area (Å²) in [5, 5.41) is 0. The molecule has 134 valence electrons. The Balaban J connectivity index is 1.66. The van der Waals surface area contributed by atoms with Crippen molar-refractivity contribution in [2.75, 3.05) is 6.54 Å². The summed E-state index contributed by atoms with van der Waals surface area (Å²) in [5.41, 5.74) is 0.548. The second-order valence-corrected chi connectivity index (χ2v) is 7.90. The first-order valence-corrected chi connectivity index (χ1v) is 9.98. The molecule has 0 aliphatic carbocycles. The largest absolute Gasteiger partial charge is 0.425 e. The number of amidine groups is 1. The molecule has 26 heavy (non-hydrogen) atoms. The van der Waals surface area contributed by atoms with Gasteiger partial charge in [0.25, 0.3) is 10.0 Å². The van der Waals surface area contributed by atoms with Crippen LogP contribution in [0.4, 0.5) is 0 Å². The maximum Gasteiger partial charge on any atom is 0.334 e. The number of esters is 1. The van der Waals surface area contributed by atoms with Gasteiger partial charge in [0.2, 0.25) is 0 Å². The predicted octanol–water partition coefficient (Wildman–Crippen LogP) is 2.60. The van der Waals surface area contributed by atoms with Crippen LogP contribution in [0.1, 0.15) is 24.8 Å². The van der Waals surface area contributed by atoms with E-state index < -0.39 is 16.1 Å². The van der Waals surface area contributed by atoms with Crippen molar-refractivity contribution < 1.29 is 17.9 Å². The second kappa shape index (κ2) is 6.57. The number of piperidine rings is 1. The SMILES string of the molecule is O=C(Oc1ccccc1)[C@H]1CCCCN1C1=NS(=O)(=O)c2ccccc21. The lowest BCUT2D eigenvalue weighted by Crippen LogP contribution is -2.49. The summed E-state index contributed by atoms with van der Waals surface area (Å²) in [6, 6.07) is 15.0. The molecule has 0 N–H and O–H groups in total. The minimum absolute atomic E-state index is 0.191. The molecule has 1 atom stereocenters. The van der Waals surface area contributed by atoms with E-state index in [1.165, 1.54) is 0 Å². The molecular weight excluding hydrogens is 352 g/mol. The highest BCUT2D eigenvalue weighted by atomic mass is 32.2. The van der Waals surface area contributed by atoms with Crippen molar-refractivity contribution in [3.8, 4) is 5.75 Å². The minimum atomic E-state index is -3.72. The number of rotatable bonds is 2. The number of hydrogen-bond acceptors (Lipinski definition) is 5. The summed E-state index contributed by atoms with van der Waals surface area (Å²) in [6.45, 7) is 0.567. The van der Waals surface area contributed by atoms with Gasteiger partial charge < -0.3 is 9.64 Å². The van der Waals surface area contributed by atoms with Crippen molar-refractivity contribution in [3.05, 3.63) is 60.2 Å². The lowest BCUT2D eigenvalue weighted by atomic mass is 10.0. The topological polar surface area (TPSA) is 76.0 Å².